The number of methoxy groups -OCH3 is 2. The van der Waals surface area contributed by atoms with Gasteiger partial charge in [0.25, 0.3) is 0 Å². The first-order chi connectivity index (χ1) is 10.2. The van der Waals surface area contributed by atoms with E-state index in [1.54, 1.807) is 26.6 Å². The largest absolute Gasteiger partial charge is 0.493 e. The van der Waals surface area contributed by atoms with E-state index in [2.05, 4.69) is 32.8 Å². The van der Waals surface area contributed by atoms with E-state index in [0.717, 1.165) is 14.7 Å². The molecule has 0 aliphatic heterocycles. The summed E-state index contributed by atoms with van der Waals surface area (Å²) in [6.07, 6.45) is 3.36. The Morgan fingerprint density at radius 2 is 1.71 bits per heavy atom. The Hall–Kier alpha value is -1.89. The molecule has 0 bridgehead atoms. The van der Waals surface area contributed by atoms with E-state index in [1.165, 1.54) is 0 Å². The second-order valence-electron chi connectivity index (χ2n) is 4.13. The number of halogens is 1. The van der Waals surface area contributed by atoms with E-state index >= 15 is 0 Å². The molecule has 0 N–H and O–H groups in total. The zero-order chi connectivity index (χ0) is 15.1. The molecule has 0 aliphatic carbocycles. The predicted molar refractivity (Wildman–Crippen MR) is 93.9 cm³/mol. The van der Waals surface area contributed by atoms with Crippen LogP contribution in [-0.4, -0.2) is 26.6 Å². The normalized spacial score (nSPS) is 11.2. The summed E-state index contributed by atoms with van der Waals surface area (Å²) in [5.74, 6) is 1.32. The molecule has 2 aromatic carbocycles. The zero-order valence-corrected chi connectivity index (χ0v) is 13.9. The fraction of sp³-hybridized carbons (Fsp3) is 0.125. The van der Waals surface area contributed by atoms with E-state index in [9.17, 15) is 0 Å². The molecule has 0 fully saturated rings. The Labute approximate surface area is 137 Å². The van der Waals surface area contributed by atoms with E-state index in [1.807, 2.05) is 42.5 Å². The van der Waals surface area contributed by atoms with Crippen LogP contribution in [0.25, 0.3) is 0 Å². The second-order valence-corrected chi connectivity index (χ2v) is 5.37. The Kier molecular flexibility index (Phi) is 5.74. The van der Waals surface area contributed by atoms with Crippen molar-refractivity contribution in [1.82, 2.24) is 0 Å². The van der Waals surface area contributed by atoms with Crippen molar-refractivity contribution < 1.29 is 9.47 Å². The maximum absolute atomic E-state index is 5.33. The van der Waals surface area contributed by atoms with Gasteiger partial charge < -0.3 is 9.47 Å². The molecule has 0 unspecified atom stereocenters. The fourth-order valence-electron chi connectivity index (χ4n) is 1.80. The molecule has 0 radical (unpaired) electrons. The van der Waals surface area contributed by atoms with Crippen molar-refractivity contribution in [3.05, 3.63) is 57.2 Å². The van der Waals surface area contributed by atoms with Gasteiger partial charge >= 0.3 is 0 Å². The lowest BCUT2D eigenvalue weighted by Crippen LogP contribution is -1.94. The first-order valence-corrected chi connectivity index (χ1v) is 7.35. The molecule has 0 aromatic heterocycles. The van der Waals surface area contributed by atoms with E-state index in [0.29, 0.717) is 11.5 Å². The van der Waals surface area contributed by atoms with E-state index in [-0.39, 0.29) is 0 Å². The third-order valence-electron chi connectivity index (χ3n) is 2.75. The summed E-state index contributed by atoms with van der Waals surface area (Å²) in [4.78, 5) is 0. The summed E-state index contributed by atoms with van der Waals surface area (Å²) in [5, 5.41) is 8.11. The number of nitrogens with zero attached hydrogens (tertiary/aromatic N) is 2. The van der Waals surface area contributed by atoms with Gasteiger partial charge in [-0.25, -0.2) is 0 Å². The van der Waals surface area contributed by atoms with Crippen molar-refractivity contribution >= 4 is 35.0 Å². The molecule has 0 amide bonds. The summed E-state index contributed by atoms with van der Waals surface area (Å²) in [7, 11) is 3.21. The van der Waals surface area contributed by atoms with Crippen LogP contribution in [-0.2, 0) is 0 Å². The van der Waals surface area contributed by atoms with E-state index < -0.39 is 0 Å². The monoisotopic (exact) mass is 394 g/mol. The average molecular weight is 394 g/mol. The minimum atomic E-state index is 0.646. The van der Waals surface area contributed by atoms with Crippen molar-refractivity contribution in [2.45, 2.75) is 0 Å². The van der Waals surface area contributed by atoms with Gasteiger partial charge in [-0.2, -0.15) is 10.2 Å². The van der Waals surface area contributed by atoms with Crippen molar-refractivity contribution in [1.29, 1.82) is 0 Å². The number of ether oxygens (including phenoxy) is 2. The molecule has 2 aromatic rings. The molecular weight excluding hydrogens is 379 g/mol. The van der Waals surface area contributed by atoms with Gasteiger partial charge in [-0.3, -0.25) is 0 Å². The summed E-state index contributed by atoms with van der Waals surface area (Å²) in [6.45, 7) is 0. The number of hydrogen-bond donors (Lipinski definition) is 0. The highest BCUT2D eigenvalue weighted by Gasteiger charge is 2.06. The summed E-state index contributed by atoms with van der Waals surface area (Å²) in [5.41, 5.74) is 1.83. The highest BCUT2D eigenvalue weighted by molar-refractivity contribution is 14.1. The molecular formula is C16H15IN2O2. The lowest BCUT2D eigenvalue weighted by molar-refractivity contribution is 0.354. The standard InChI is InChI=1S/C16H15IN2O2/c1-20-15-8-4-6-13(16(15)21-2)11-19-18-10-12-5-3-7-14(17)9-12/h3-11H,1-2H3. The van der Waals surface area contributed by atoms with Crippen LogP contribution in [0.5, 0.6) is 11.5 Å². The van der Waals surface area contributed by atoms with E-state index in [4.69, 9.17) is 9.47 Å². The molecule has 0 saturated carbocycles. The van der Waals surface area contributed by atoms with Gasteiger partial charge in [0, 0.05) is 9.13 Å². The highest BCUT2D eigenvalue weighted by Crippen LogP contribution is 2.29. The maximum atomic E-state index is 5.33. The van der Waals surface area contributed by atoms with Gasteiger partial charge in [-0.05, 0) is 52.4 Å². The Balaban J connectivity index is 2.15. The van der Waals surface area contributed by atoms with Crippen LogP contribution in [0.1, 0.15) is 11.1 Å². The summed E-state index contributed by atoms with van der Waals surface area (Å²) in [6, 6.07) is 13.6. The van der Waals surface area contributed by atoms with Gasteiger partial charge in [0.1, 0.15) is 0 Å². The minimum Gasteiger partial charge on any atom is -0.493 e. The molecule has 4 nitrogen and oxygen atoms in total. The first-order valence-electron chi connectivity index (χ1n) is 6.27. The molecule has 108 valence electrons. The van der Waals surface area contributed by atoms with Crippen LogP contribution >= 0.6 is 22.6 Å². The molecule has 0 heterocycles. The second kappa shape index (κ2) is 7.78. The lowest BCUT2D eigenvalue weighted by atomic mass is 10.2. The van der Waals surface area contributed by atoms with Crippen LogP contribution in [0.3, 0.4) is 0 Å². The van der Waals surface area contributed by atoms with Crippen LogP contribution < -0.4 is 9.47 Å². The Bertz CT molecular complexity index is 669. The molecule has 2 rings (SSSR count). The number of para-hydroxylation sites is 1. The SMILES string of the molecule is COc1cccc(C=NN=Cc2cccc(I)c2)c1OC. The molecule has 5 heteroatoms. The molecule has 0 aliphatic rings. The third kappa shape index (κ3) is 4.29. The quantitative estimate of drug-likeness (QED) is 0.440. The van der Waals surface area contributed by atoms with Gasteiger partial charge in [0.2, 0.25) is 0 Å². The van der Waals surface area contributed by atoms with Gasteiger partial charge in [0.05, 0.1) is 26.6 Å². The number of benzene rings is 2. The topological polar surface area (TPSA) is 43.2 Å². The van der Waals surface area contributed by atoms with Crippen molar-refractivity contribution in [2.75, 3.05) is 14.2 Å². The van der Waals surface area contributed by atoms with Crippen LogP contribution in [0.2, 0.25) is 0 Å². The van der Waals surface area contributed by atoms with Gasteiger partial charge in [0.15, 0.2) is 11.5 Å². The Morgan fingerprint density at radius 1 is 0.952 bits per heavy atom. The first kappa shape index (κ1) is 15.5. The predicted octanol–water partition coefficient (Wildman–Crippen LogP) is 3.76. The molecule has 0 atom stereocenters. The van der Waals surface area contributed by atoms with Crippen LogP contribution in [0, 0.1) is 3.57 Å². The van der Waals surface area contributed by atoms with Gasteiger partial charge in [-0.1, -0.05) is 18.2 Å². The zero-order valence-electron chi connectivity index (χ0n) is 11.8. The van der Waals surface area contributed by atoms with Crippen molar-refractivity contribution in [2.24, 2.45) is 10.2 Å². The molecule has 0 spiro atoms. The molecule has 21 heavy (non-hydrogen) atoms. The smallest absolute Gasteiger partial charge is 0.169 e. The average Bonchev–Trinajstić information content (AvgIpc) is 2.51. The Morgan fingerprint density at radius 3 is 2.43 bits per heavy atom. The third-order valence-corrected chi connectivity index (χ3v) is 3.42. The molecule has 0 saturated heterocycles. The summed E-state index contributed by atoms with van der Waals surface area (Å²) >= 11 is 2.26. The number of rotatable bonds is 5. The fourth-order valence-corrected chi connectivity index (χ4v) is 2.36. The van der Waals surface area contributed by atoms with Gasteiger partial charge in [-0.15, -0.1) is 0 Å². The summed E-state index contributed by atoms with van der Waals surface area (Å²) < 4.78 is 11.7. The number of hydrogen-bond acceptors (Lipinski definition) is 4. The van der Waals surface area contributed by atoms with Crippen molar-refractivity contribution in [3.63, 3.8) is 0 Å². The van der Waals surface area contributed by atoms with Crippen LogP contribution in [0.4, 0.5) is 0 Å². The minimum absolute atomic E-state index is 0.646. The van der Waals surface area contributed by atoms with Crippen molar-refractivity contribution in [3.8, 4) is 11.5 Å². The highest BCUT2D eigenvalue weighted by atomic mass is 127. The maximum Gasteiger partial charge on any atom is 0.169 e. The van der Waals surface area contributed by atoms with Crippen LogP contribution in [0.15, 0.2) is 52.7 Å². The lowest BCUT2D eigenvalue weighted by Gasteiger charge is -2.08.